The maximum atomic E-state index is 13.4. The number of carbonyl (C=O) groups is 1. The molecular formula is C8H7F8N3O. The summed E-state index contributed by atoms with van der Waals surface area (Å²) in [6, 6.07) is 0. The highest BCUT2D eigenvalue weighted by atomic mass is 19.4. The SMILES string of the molecule is CN1C=C(C(F)(F)F)C(C(N)=O)(C(F)(F)C(F)(F)F)N1. The van der Waals surface area contributed by atoms with Crippen molar-refractivity contribution in [2.24, 2.45) is 5.73 Å². The molecule has 116 valence electrons. The molecule has 1 aliphatic heterocycles. The third-order valence-electron chi connectivity index (χ3n) is 2.57. The van der Waals surface area contributed by atoms with Gasteiger partial charge in [0.25, 0.3) is 5.91 Å². The first-order chi connectivity index (χ1) is 8.68. The molecule has 1 aliphatic rings. The predicted octanol–water partition coefficient (Wildman–Crippen LogP) is 1.30. The van der Waals surface area contributed by atoms with Crippen LogP contribution in [-0.2, 0) is 4.79 Å². The third-order valence-corrected chi connectivity index (χ3v) is 2.57. The molecule has 1 amide bonds. The zero-order chi connectivity index (χ0) is 16.1. The van der Waals surface area contributed by atoms with E-state index in [0.29, 0.717) is 7.05 Å². The first-order valence-corrected chi connectivity index (χ1v) is 4.72. The molecule has 0 aromatic carbocycles. The maximum absolute atomic E-state index is 13.4. The van der Waals surface area contributed by atoms with Crippen LogP contribution in [0.3, 0.4) is 0 Å². The van der Waals surface area contributed by atoms with Crippen LogP contribution in [0.25, 0.3) is 0 Å². The van der Waals surface area contributed by atoms with Gasteiger partial charge in [-0.2, -0.15) is 35.1 Å². The van der Waals surface area contributed by atoms with Gasteiger partial charge in [-0.3, -0.25) is 4.79 Å². The smallest absolute Gasteiger partial charge is 0.367 e. The number of nitrogens with one attached hydrogen (secondary N) is 1. The molecule has 0 saturated carbocycles. The molecule has 0 aromatic rings. The van der Waals surface area contributed by atoms with Gasteiger partial charge >= 0.3 is 18.3 Å². The average Bonchev–Trinajstić information content (AvgIpc) is 2.55. The van der Waals surface area contributed by atoms with Crippen LogP contribution in [0.15, 0.2) is 11.8 Å². The lowest BCUT2D eigenvalue weighted by atomic mass is 9.83. The van der Waals surface area contributed by atoms with Crippen LogP contribution in [0, 0.1) is 0 Å². The van der Waals surface area contributed by atoms with Gasteiger partial charge in [-0.05, 0) is 0 Å². The molecule has 0 aromatic heterocycles. The molecule has 0 spiro atoms. The summed E-state index contributed by atoms with van der Waals surface area (Å²) in [5.41, 5.74) is -1.33. The molecule has 1 heterocycles. The van der Waals surface area contributed by atoms with Gasteiger partial charge in [-0.15, -0.1) is 0 Å². The van der Waals surface area contributed by atoms with Crippen LogP contribution in [0.5, 0.6) is 0 Å². The van der Waals surface area contributed by atoms with Crippen molar-refractivity contribution in [3.8, 4) is 0 Å². The minimum Gasteiger partial charge on any atom is -0.367 e. The summed E-state index contributed by atoms with van der Waals surface area (Å²) in [6.07, 6.45) is -12.1. The van der Waals surface area contributed by atoms with E-state index in [1.165, 1.54) is 0 Å². The second-order valence-corrected chi connectivity index (χ2v) is 3.95. The van der Waals surface area contributed by atoms with Crippen LogP contribution in [0.4, 0.5) is 35.1 Å². The summed E-state index contributed by atoms with van der Waals surface area (Å²) in [5.74, 6) is -8.58. The molecule has 0 radical (unpaired) electrons. The zero-order valence-corrected chi connectivity index (χ0v) is 9.53. The van der Waals surface area contributed by atoms with Gasteiger partial charge in [0.1, 0.15) is 0 Å². The first kappa shape index (κ1) is 16.5. The Kier molecular flexibility index (Phi) is 3.46. The number of hydrogen-bond donors (Lipinski definition) is 2. The van der Waals surface area contributed by atoms with Crippen molar-refractivity contribution in [1.29, 1.82) is 0 Å². The molecule has 3 N–H and O–H groups in total. The zero-order valence-electron chi connectivity index (χ0n) is 9.53. The fourth-order valence-electron chi connectivity index (χ4n) is 1.73. The quantitative estimate of drug-likeness (QED) is 0.756. The largest absolute Gasteiger partial charge is 0.456 e. The fourth-order valence-corrected chi connectivity index (χ4v) is 1.73. The Morgan fingerprint density at radius 1 is 1.20 bits per heavy atom. The molecule has 0 saturated heterocycles. The highest BCUT2D eigenvalue weighted by molar-refractivity contribution is 5.91. The third kappa shape index (κ3) is 2.07. The van der Waals surface area contributed by atoms with Gasteiger partial charge < -0.3 is 10.7 Å². The number of nitrogens with two attached hydrogens (primary N) is 1. The first-order valence-electron chi connectivity index (χ1n) is 4.72. The average molecular weight is 313 g/mol. The van der Waals surface area contributed by atoms with E-state index in [1.54, 1.807) is 0 Å². The Bertz CT molecular complexity index is 454. The summed E-state index contributed by atoms with van der Waals surface area (Å²) in [4.78, 5) is 11.0. The van der Waals surface area contributed by atoms with Crippen molar-refractivity contribution < 1.29 is 39.9 Å². The van der Waals surface area contributed by atoms with Crippen molar-refractivity contribution in [1.82, 2.24) is 10.4 Å². The molecule has 0 aliphatic carbocycles. The molecular weight excluding hydrogens is 306 g/mol. The number of halogens is 8. The molecule has 4 nitrogen and oxygen atoms in total. The summed E-state index contributed by atoms with van der Waals surface area (Å²) >= 11 is 0. The minimum atomic E-state index is -6.43. The maximum Gasteiger partial charge on any atom is 0.456 e. The van der Waals surface area contributed by atoms with Gasteiger partial charge in [-0.25, -0.2) is 5.43 Å². The molecule has 1 unspecified atom stereocenters. The summed E-state index contributed by atoms with van der Waals surface area (Å²) in [7, 11) is 0.711. The van der Waals surface area contributed by atoms with Gasteiger partial charge in [0, 0.05) is 13.2 Å². The summed E-state index contributed by atoms with van der Waals surface area (Å²) < 4.78 is 102. The molecule has 0 bridgehead atoms. The van der Waals surface area contributed by atoms with E-state index in [2.05, 4.69) is 5.73 Å². The van der Waals surface area contributed by atoms with Crippen LogP contribution in [0.1, 0.15) is 0 Å². The van der Waals surface area contributed by atoms with E-state index >= 15 is 0 Å². The van der Waals surface area contributed by atoms with Crippen molar-refractivity contribution in [2.45, 2.75) is 23.8 Å². The van der Waals surface area contributed by atoms with Gasteiger partial charge in [-0.1, -0.05) is 0 Å². The lowest BCUT2D eigenvalue weighted by Crippen LogP contribution is -2.72. The van der Waals surface area contributed by atoms with Crippen LogP contribution < -0.4 is 11.2 Å². The molecule has 12 heteroatoms. The number of hydrazine groups is 1. The number of alkyl halides is 8. The van der Waals surface area contributed by atoms with Crippen LogP contribution in [0.2, 0.25) is 0 Å². The van der Waals surface area contributed by atoms with Crippen molar-refractivity contribution in [2.75, 3.05) is 7.05 Å². The number of nitrogens with zero attached hydrogens (tertiary/aromatic N) is 1. The number of primary amides is 1. The highest BCUT2D eigenvalue weighted by Crippen LogP contribution is 2.51. The van der Waals surface area contributed by atoms with Gasteiger partial charge in [0.05, 0.1) is 5.57 Å². The fraction of sp³-hybridized carbons (Fsp3) is 0.625. The molecule has 1 rings (SSSR count). The summed E-state index contributed by atoms with van der Waals surface area (Å²) in [5, 5.41) is 0.160. The van der Waals surface area contributed by atoms with Crippen LogP contribution in [-0.4, -0.2) is 41.8 Å². The number of rotatable bonds is 2. The standard InChI is InChI=1S/C8H7F8N3O/c1-19-2-3(6(9,10)11)5(18-19,4(17)20)7(12,13)8(14,15)16/h2,18H,1H3,(H2,17,20). The van der Waals surface area contributed by atoms with Crippen molar-refractivity contribution >= 4 is 5.91 Å². The molecule has 20 heavy (non-hydrogen) atoms. The second-order valence-electron chi connectivity index (χ2n) is 3.95. The van der Waals surface area contributed by atoms with Gasteiger partial charge in [0.15, 0.2) is 0 Å². The minimum absolute atomic E-state index is 0.0928. The van der Waals surface area contributed by atoms with E-state index in [4.69, 9.17) is 0 Å². The Morgan fingerprint density at radius 2 is 1.65 bits per heavy atom. The Balaban J connectivity index is 3.61. The van der Waals surface area contributed by atoms with Gasteiger partial charge in [0.2, 0.25) is 5.54 Å². The topological polar surface area (TPSA) is 58.4 Å². The Labute approximate surface area is 106 Å². The van der Waals surface area contributed by atoms with E-state index in [9.17, 15) is 39.9 Å². The predicted molar refractivity (Wildman–Crippen MR) is 48.0 cm³/mol. The monoisotopic (exact) mass is 313 g/mol. The van der Waals surface area contributed by atoms with E-state index in [1.807, 2.05) is 0 Å². The van der Waals surface area contributed by atoms with E-state index < -0.39 is 35.3 Å². The lowest BCUT2D eigenvalue weighted by molar-refractivity contribution is -0.307. The van der Waals surface area contributed by atoms with Crippen molar-refractivity contribution in [3.63, 3.8) is 0 Å². The molecule has 1 atom stereocenters. The Hall–Kier alpha value is -1.59. The lowest BCUT2D eigenvalue weighted by Gasteiger charge is -2.38. The summed E-state index contributed by atoms with van der Waals surface area (Å²) in [6.45, 7) is 0. The highest BCUT2D eigenvalue weighted by Gasteiger charge is 2.78. The normalized spacial score (nSPS) is 24.9. The van der Waals surface area contributed by atoms with Crippen LogP contribution >= 0.6 is 0 Å². The number of carbonyl (C=O) groups excluding carboxylic acids is 1. The van der Waals surface area contributed by atoms with E-state index in [-0.39, 0.29) is 11.2 Å². The Morgan fingerprint density at radius 3 is 1.95 bits per heavy atom. The number of hydrogen-bond acceptors (Lipinski definition) is 3. The second kappa shape index (κ2) is 4.20. The number of amides is 1. The van der Waals surface area contributed by atoms with Crippen molar-refractivity contribution in [3.05, 3.63) is 11.8 Å². The van der Waals surface area contributed by atoms with E-state index in [0.717, 1.165) is 5.43 Å². The molecule has 0 fully saturated rings.